The molecule has 0 aliphatic heterocycles. The van der Waals surface area contributed by atoms with Crippen molar-refractivity contribution in [1.29, 1.82) is 0 Å². The molecule has 0 saturated carbocycles. The number of thiazole rings is 1. The Labute approximate surface area is 182 Å². The number of rotatable bonds is 6. The molecule has 2 aromatic carbocycles. The molecule has 0 bridgehead atoms. The Balaban J connectivity index is 1.79. The van der Waals surface area contributed by atoms with Crippen LogP contribution in [0.4, 0.5) is 0 Å². The zero-order chi connectivity index (χ0) is 22.0. The largest absolute Gasteiger partial charge is 0.490 e. The second-order valence-electron chi connectivity index (χ2n) is 6.88. The predicted octanol–water partition coefficient (Wildman–Crippen LogP) is 4.46. The van der Waals surface area contributed by atoms with Crippen LogP contribution in [-0.4, -0.2) is 29.7 Å². The molecule has 0 aliphatic carbocycles. The lowest BCUT2D eigenvalue weighted by atomic mass is 10.2. The number of aromatic nitrogens is 1. The Morgan fingerprint density at radius 2 is 1.97 bits per heavy atom. The maximum absolute atomic E-state index is 12.9. The molecule has 31 heavy (non-hydrogen) atoms. The van der Waals surface area contributed by atoms with E-state index >= 15 is 0 Å². The summed E-state index contributed by atoms with van der Waals surface area (Å²) in [6, 6.07) is 13.0. The summed E-state index contributed by atoms with van der Waals surface area (Å²) in [5, 5.41) is 0.760. The number of amides is 1. The average Bonchev–Trinajstić information content (AvgIpc) is 3.31. The Hall–Kier alpha value is -3.39. The van der Waals surface area contributed by atoms with Crippen molar-refractivity contribution < 1.29 is 23.5 Å². The standard InChI is InChI=1S/C23H22N2O5S/c1-4-28-17-8-6-7-15-12-18(30-21(15)17)22(27)24-23-25(13-20(26)29-5-2)16-10-9-14(3)11-19(16)31-23/h6-12H,4-5,13H2,1-3H3. The number of benzene rings is 2. The van der Waals surface area contributed by atoms with E-state index in [1.807, 2.05) is 44.2 Å². The zero-order valence-electron chi connectivity index (χ0n) is 17.5. The summed E-state index contributed by atoms with van der Waals surface area (Å²) in [6.07, 6.45) is 0. The Morgan fingerprint density at radius 1 is 1.13 bits per heavy atom. The molecule has 0 saturated heterocycles. The lowest BCUT2D eigenvalue weighted by molar-refractivity contribution is -0.143. The summed E-state index contributed by atoms with van der Waals surface area (Å²) in [6.45, 7) is 6.37. The number of para-hydroxylation sites is 1. The molecule has 0 unspecified atom stereocenters. The van der Waals surface area contributed by atoms with E-state index in [1.54, 1.807) is 23.6 Å². The van der Waals surface area contributed by atoms with Crippen molar-refractivity contribution in [2.75, 3.05) is 13.2 Å². The highest BCUT2D eigenvalue weighted by Crippen LogP contribution is 2.29. The summed E-state index contributed by atoms with van der Waals surface area (Å²) in [5.41, 5.74) is 2.41. The smallest absolute Gasteiger partial charge is 0.326 e. The van der Waals surface area contributed by atoms with Crippen molar-refractivity contribution in [3.8, 4) is 5.75 Å². The third-order valence-electron chi connectivity index (χ3n) is 4.65. The second kappa shape index (κ2) is 8.77. The van der Waals surface area contributed by atoms with E-state index < -0.39 is 5.91 Å². The number of aryl methyl sites for hydroxylation is 1. The number of hydrogen-bond acceptors (Lipinski definition) is 6. The molecule has 2 heterocycles. The van der Waals surface area contributed by atoms with Crippen LogP contribution in [0.5, 0.6) is 5.75 Å². The molecule has 0 fully saturated rings. The minimum absolute atomic E-state index is 0.0301. The van der Waals surface area contributed by atoms with Crippen LogP contribution in [0.25, 0.3) is 21.2 Å². The van der Waals surface area contributed by atoms with E-state index in [0.717, 1.165) is 21.2 Å². The number of esters is 1. The minimum atomic E-state index is -0.528. The monoisotopic (exact) mass is 438 g/mol. The van der Waals surface area contributed by atoms with Gasteiger partial charge in [0, 0.05) is 5.39 Å². The molecule has 2 aromatic heterocycles. The number of furan rings is 1. The van der Waals surface area contributed by atoms with Gasteiger partial charge in [0.25, 0.3) is 0 Å². The van der Waals surface area contributed by atoms with E-state index in [2.05, 4.69) is 4.99 Å². The molecule has 0 radical (unpaired) electrons. The number of nitrogens with zero attached hydrogens (tertiary/aromatic N) is 2. The van der Waals surface area contributed by atoms with Crippen LogP contribution < -0.4 is 9.54 Å². The van der Waals surface area contributed by atoms with Gasteiger partial charge in [-0.15, -0.1) is 0 Å². The molecular weight excluding hydrogens is 416 g/mol. The number of carbonyl (C=O) groups is 2. The summed E-state index contributed by atoms with van der Waals surface area (Å²) in [7, 11) is 0. The van der Waals surface area contributed by atoms with Gasteiger partial charge in [-0.2, -0.15) is 4.99 Å². The van der Waals surface area contributed by atoms with Crippen LogP contribution in [0.2, 0.25) is 0 Å². The Morgan fingerprint density at radius 3 is 2.74 bits per heavy atom. The third kappa shape index (κ3) is 4.25. The number of ether oxygens (including phenoxy) is 2. The van der Waals surface area contributed by atoms with E-state index in [9.17, 15) is 9.59 Å². The molecule has 160 valence electrons. The van der Waals surface area contributed by atoms with Crippen LogP contribution in [0.3, 0.4) is 0 Å². The summed E-state index contributed by atoms with van der Waals surface area (Å²) in [4.78, 5) is 29.8. The van der Waals surface area contributed by atoms with Crippen molar-refractivity contribution in [3.63, 3.8) is 0 Å². The van der Waals surface area contributed by atoms with Crippen molar-refractivity contribution in [3.05, 3.63) is 58.6 Å². The first-order valence-electron chi connectivity index (χ1n) is 10.00. The molecule has 4 aromatic rings. The fourth-order valence-electron chi connectivity index (χ4n) is 3.31. The van der Waals surface area contributed by atoms with Gasteiger partial charge < -0.3 is 18.5 Å². The van der Waals surface area contributed by atoms with Gasteiger partial charge in [0.1, 0.15) is 6.54 Å². The third-order valence-corrected chi connectivity index (χ3v) is 5.69. The highest BCUT2D eigenvalue weighted by Gasteiger charge is 2.17. The Kier molecular flexibility index (Phi) is 5.90. The fraction of sp³-hybridized carbons (Fsp3) is 0.261. The van der Waals surface area contributed by atoms with Crippen LogP contribution in [0.15, 0.2) is 51.9 Å². The first kappa shape index (κ1) is 20.9. The Bertz CT molecular complexity index is 1350. The first-order chi connectivity index (χ1) is 15.0. The normalized spacial score (nSPS) is 11.9. The summed E-state index contributed by atoms with van der Waals surface area (Å²) in [5.74, 6) is -0.228. The molecule has 0 atom stereocenters. The fourth-order valence-corrected chi connectivity index (χ4v) is 4.43. The number of hydrogen-bond donors (Lipinski definition) is 0. The van der Waals surface area contributed by atoms with Crippen LogP contribution >= 0.6 is 11.3 Å². The van der Waals surface area contributed by atoms with E-state index in [4.69, 9.17) is 13.9 Å². The van der Waals surface area contributed by atoms with Gasteiger partial charge >= 0.3 is 11.9 Å². The summed E-state index contributed by atoms with van der Waals surface area (Å²) < 4.78 is 19.1. The second-order valence-corrected chi connectivity index (χ2v) is 7.89. The van der Waals surface area contributed by atoms with Gasteiger partial charge in [0.15, 0.2) is 21.9 Å². The van der Waals surface area contributed by atoms with Gasteiger partial charge in [-0.05, 0) is 50.6 Å². The molecule has 8 heteroatoms. The zero-order valence-corrected chi connectivity index (χ0v) is 18.3. The van der Waals surface area contributed by atoms with Gasteiger partial charge in [0.2, 0.25) is 0 Å². The average molecular weight is 439 g/mol. The van der Waals surface area contributed by atoms with Crippen molar-refractivity contribution in [1.82, 2.24) is 4.57 Å². The minimum Gasteiger partial charge on any atom is -0.490 e. The summed E-state index contributed by atoms with van der Waals surface area (Å²) >= 11 is 1.34. The maximum atomic E-state index is 12.9. The maximum Gasteiger partial charge on any atom is 0.326 e. The SMILES string of the molecule is CCOC(=O)Cn1c(=NC(=O)c2cc3cccc(OCC)c3o2)sc2cc(C)ccc21. The predicted molar refractivity (Wildman–Crippen MR) is 118 cm³/mol. The molecule has 0 aliphatic rings. The number of carbonyl (C=O) groups excluding carboxylic acids is 2. The van der Waals surface area contributed by atoms with E-state index in [1.165, 1.54) is 11.3 Å². The molecule has 0 spiro atoms. The van der Waals surface area contributed by atoms with Gasteiger partial charge in [-0.3, -0.25) is 9.59 Å². The molecule has 1 amide bonds. The van der Waals surface area contributed by atoms with Crippen molar-refractivity contribution >= 4 is 44.4 Å². The van der Waals surface area contributed by atoms with Gasteiger partial charge in [0.05, 0.1) is 23.4 Å². The molecule has 4 rings (SSSR count). The van der Waals surface area contributed by atoms with Crippen molar-refractivity contribution in [2.45, 2.75) is 27.3 Å². The van der Waals surface area contributed by atoms with Gasteiger partial charge in [-0.1, -0.05) is 29.5 Å². The molecular formula is C23H22N2O5S. The van der Waals surface area contributed by atoms with E-state index in [-0.39, 0.29) is 24.9 Å². The van der Waals surface area contributed by atoms with Crippen LogP contribution in [-0.2, 0) is 16.1 Å². The topological polar surface area (TPSA) is 83.0 Å². The highest BCUT2D eigenvalue weighted by molar-refractivity contribution is 7.16. The lowest BCUT2D eigenvalue weighted by Gasteiger charge is -2.05. The quantitative estimate of drug-likeness (QED) is 0.415. The molecule has 0 N–H and O–H groups in total. The first-order valence-corrected chi connectivity index (χ1v) is 10.8. The van der Waals surface area contributed by atoms with Crippen LogP contribution in [0.1, 0.15) is 30.0 Å². The molecule has 7 nitrogen and oxygen atoms in total. The number of fused-ring (bicyclic) bond motifs is 2. The highest BCUT2D eigenvalue weighted by atomic mass is 32.1. The van der Waals surface area contributed by atoms with Gasteiger partial charge in [-0.25, -0.2) is 0 Å². The van der Waals surface area contributed by atoms with E-state index in [0.29, 0.717) is 22.7 Å². The lowest BCUT2D eigenvalue weighted by Crippen LogP contribution is -2.23. The van der Waals surface area contributed by atoms with Crippen LogP contribution in [0, 0.1) is 6.92 Å². The van der Waals surface area contributed by atoms with Crippen molar-refractivity contribution in [2.24, 2.45) is 4.99 Å².